The highest BCUT2D eigenvalue weighted by molar-refractivity contribution is 8.06. The van der Waals surface area contributed by atoms with E-state index >= 15 is 0 Å². The quantitative estimate of drug-likeness (QED) is 0.495. The number of thiophene rings is 1. The van der Waals surface area contributed by atoms with Crippen molar-refractivity contribution in [1.29, 1.82) is 0 Å². The molecule has 0 unspecified atom stereocenters. The Labute approximate surface area is 153 Å². The smallest absolute Gasteiger partial charge is 0.303 e. The fourth-order valence-corrected chi connectivity index (χ4v) is 4.26. The van der Waals surface area contributed by atoms with E-state index in [0.29, 0.717) is 24.2 Å². The van der Waals surface area contributed by atoms with Crippen LogP contribution in [0, 0.1) is 0 Å². The first kappa shape index (κ1) is 19.8. The van der Waals surface area contributed by atoms with Crippen LogP contribution in [0.2, 0.25) is 0 Å². The highest BCUT2D eigenvalue weighted by atomic mass is 32.2. The van der Waals surface area contributed by atoms with Gasteiger partial charge in [-0.1, -0.05) is 36.0 Å². The van der Waals surface area contributed by atoms with Crippen LogP contribution in [-0.2, 0) is 17.6 Å². The summed E-state index contributed by atoms with van der Waals surface area (Å²) in [5, 5.41) is 3.05. The summed E-state index contributed by atoms with van der Waals surface area (Å²) in [4.78, 5) is 10.6. The molecule has 0 aliphatic heterocycles. The minimum atomic E-state index is -4.38. The number of aldehydes is 1. The molecular formula is C19H19F3OS2. The van der Waals surface area contributed by atoms with Gasteiger partial charge < -0.3 is 4.79 Å². The second-order valence-corrected chi connectivity index (χ2v) is 8.01. The van der Waals surface area contributed by atoms with Crippen molar-refractivity contribution in [2.45, 2.75) is 39.3 Å². The van der Waals surface area contributed by atoms with E-state index in [2.05, 4.69) is 12.6 Å². The Hall–Kier alpha value is -1.53. The number of carbonyl (C=O) groups is 1. The van der Waals surface area contributed by atoms with Crippen LogP contribution in [0.1, 0.15) is 31.4 Å². The maximum Gasteiger partial charge on any atom is 0.422 e. The van der Waals surface area contributed by atoms with E-state index in [1.165, 1.54) is 0 Å². The lowest BCUT2D eigenvalue weighted by Crippen LogP contribution is -2.08. The number of carbonyl (C=O) groups excluding carboxylic acids is 1. The van der Waals surface area contributed by atoms with Crippen molar-refractivity contribution >= 4 is 39.5 Å². The number of alkyl halides is 3. The monoisotopic (exact) mass is 384 g/mol. The van der Waals surface area contributed by atoms with E-state index in [1.807, 2.05) is 31.4 Å². The van der Waals surface area contributed by atoms with Gasteiger partial charge in [0.1, 0.15) is 6.29 Å². The molecule has 0 fully saturated rings. The Morgan fingerprint density at radius 2 is 2.04 bits per heavy atom. The highest BCUT2D eigenvalue weighted by Gasteiger charge is 2.33. The van der Waals surface area contributed by atoms with Crippen molar-refractivity contribution in [3.63, 3.8) is 0 Å². The predicted octanol–water partition coefficient (Wildman–Crippen LogP) is 6.68. The number of thioether (sulfide) groups is 1. The van der Waals surface area contributed by atoms with Gasteiger partial charge in [0.25, 0.3) is 0 Å². The fraction of sp³-hybridized carbons (Fsp3) is 0.316. The number of hydrogen-bond acceptors (Lipinski definition) is 3. The first-order valence-corrected chi connectivity index (χ1v) is 9.45. The van der Waals surface area contributed by atoms with Crippen molar-refractivity contribution in [3.05, 3.63) is 56.7 Å². The summed E-state index contributed by atoms with van der Waals surface area (Å²) in [6, 6.07) is 6.03. The van der Waals surface area contributed by atoms with Gasteiger partial charge in [0.05, 0.1) is 4.91 Å². The summed E-state index contributed by atoms with van der Waals surface area (Å²) in [5.74, 6) is 0. The van der Waals surface area contributed by atoms with Gasteiger partial charge in [-0.2, -0.15) is 13.2 Å². The number of aryl methyl sites for hydroxylation is 1. The fourth-order valence-electron chi connectivity index (χ4n) is 2.40. The lowest BCUT2D eigenvalue weighted by molar-refractivity contribution is -0.107. The third-order valence-corrected chi connectivity index (χ3v) is 6.12. The van der Waals surface area contributed by atoms with Gasteiger partial charge >= 0.3 is 6.18 Å². The molecule has 1 aromatic carbocycles. The van der Waals surface area contributed by atoms with E-state index in [0.717, 1.165) is 44.8 Å². The lowest BCUT2D eigenvalue weighted by Gasteiger charge is -2.14. The number of fused-ring (bicyclic) bond motifs is 1. The minimum absolute atomic E-state index is 0.400. The first-order chi connectivity index (χ1) is 11.7. The Morgan fingerprint density at radius 3 is 2.64 bits per heavy atom. The molecule has 0 saturated heterocycles. The molecule has 1 aromatic heterocycles. The molecule has 2 aromatic rings. The first-order valence-electron chi connectivity index (χ1n) is 7.75. The molecular weight excluding hydrogens is 365 g/mol. The Kier molecular flexibility index (Phi) is 6.52. The lowest BCUT2D eigenvalue weighted by atomic mass is 10.0. The normalized spacial score (nSPS) is 11.6. The summed E-state index contributed by atoms with van der Waals surface area (Å²) < 4.78 is 39.2. The Bertz CT molecular complexity index is 812. The van der Waals surface area contributed by atoms with Gasteiger partial charge in [0.2, 0.25) is 0 Å². The van der Waals surface area contributed by atoms with Gasteiger partial charge in [-0.15, -0.1) is 11.3 Å². The average molecular weight is 384 g/mol. The molecule has 25 heavy (non-hydrogen) atoms. The number of halogens is 3. The van der Waals surface area contributed by atoms with Gasteiger partial charge in [0.15, 0.2) is 0 Å². The predicted molar refractivity (Wildman–Crippen MR) is 101 cm³/mol. The molecule has 0 bridgehead atoms. The second-order valence-electron chi connectivity index (χ2n) is 5.91. The zero-order chi connectivity index (χ0) is 18.6. The van der Waals surface area contributed by atoms with Crippen LogP contribution in [0.3, 0.4) is 0 Å². The Balaban J connectivity index is 2.10. The van der Waals surface area contributed by atoms with Gasteiger partial charge in [0, 0.05) is 11.1 Å². The molecule has 0 radical (unpaired) electrons. The second kappa shape index (κ2) is 8.23. The minimum Gasteiger partial charge on any atom is -0.303 e. The number of allylic oxidation sites excluding steroid dienone is 3. The molecule has 0 saturated carbocycles. The van der Waals surface area contributed by atoms with E-state index in [1.54, 1.807) is 11.3 Å². The third-order valence-electron chi connectivity index (χ3n) is 3.78. The summed E-state index contributed by atoms with van der Waals surface area (Å²) in [7, 11) is 0. The van der Waals surface area contributed by atoms with Crippen LogP contribution in [0.4, 0.5) is 13.2 Å². The summed E-state index contributed by atoms with van der Waals surface area (Å²) in [6.07, 6.45) is -1.88. The zero-order valence-corrected chi connectivity index (χ0v) is 15.7. The van der Waals surface area contributed by atoms with E-state index in [-0.39, 0.29) is 0 Å². The molecule has 0 atom stereocenters. The highest BCUT2D eigenvalue weighted by Crippen LogP contribution is 2.40. The molecule has 0 spiro atoms. The number of benzene rings is 1. The van der Waals surface area contributed by atoms with Gasteiger partial charge in [-0.25, -0.2) is 0 Å². The van der Waals surface area contributed by atoms with Crippen LogP contribution in [0.25, 0.3) is 10.1 Å². The van der Waals surface area contributed by atoms with Crippen LogP contribution in [0.15, 0.2) is 45.5 Å². The molecule has 134 valence electrons. The maximum absolute atomic E-state index is 12.7. The summed E-state index contributed by atoms with van der Waals surface area (Å²) in [6.45, 7) is 6.78. The molecule has 0 aliphatic rings. The van der Waals surface area contributed by atoms with Crippen LogP contribution in [0.5, 0.6) is 0 Å². The van der Waals surface area contributed by atoms with E-state index in [9.17, 15) is 18.0 Å². The summed E-state index contributed by atoms with van der Waals surface area (Å²) in [5.41, 5.74) is 2.97. The Morgan fingerprint density at radius 1 is 1.32 bits per heavy atom. The van der Waals surface area contributed by atoms with Crippen molar-refractivity contribution in [3.8, 4) is 0 Å². The van der Waals surface area contributed by atoms with Gasteiger partial charge in [-0.05, 0) is 59.6 Å². The standard InChI is InChI=1S/C19H19F3OS2/c1-12(2)17(25-13(3)19(20,21)22)7-5-14-4-6-16-15(8-9-23)11-24-18(16)10-14/h4,6,9-11H,3,5,7-8H2,1-2H3. The molecule has 0 aliphatic carbocycles. The van der Waals surface area contributed by atoms with Crippen molar-refractivity contribution in [2.75, 3.05) is 0 Å². The third kappa shape index (κ3) is 5.22. The van der Waals surface area contributed by atoms with Gasteiger partial charge in [-0.3, -0.25) is 0 Å². The molecule has 1 nitrogen and oxygen atoms in total. The van der Waals surface area contributed by atoms with Crippen LogP contribution >= 0.6 is 23.1 Å². The van der Waals surface area contributed by atoms with E-state index in [4.69, 9.17) is 0 Å². The topological polar surface area (TPSA) is 17.1 Å². The van der Waals surface area contributed by atoms with Crippen molar-refractivity contribution < 1.29 is 18.0 Å². The average Bonchev–Trinajstić information content (AvgIpc) is 2.92. The molecule has 2 rings (SSSR count). The molecule has 1 heterocycles. The van der Waals surface area contributed by atoms with Crippen LogP contribution in [-0.4, -0.2) is 12.5 Å². The van der Waals surface area contributed by atoms with Crippen molar-refractivity contribution in [2.24, 2.45) is 0 Å². The zero-order valence-electron chi connectivity index (χ0n) is 14.1. The SMILES string of the molecule is C=C(SC(CCc1ccc2c(CC=O)csc2c1)=C(C)C)C(F)(F)F. The summed E-state index contributed by atoms with van der Waals surface area (Å²) >= 11 is 2.30. The van der Waals surface area contributed by atoms with E-state index < -0.39 is 11.1 Å². The number of hydrogen-bond donors (Lipinski definition) is 0. The number of rotatable bonds is 7. The largest absolute Gasteiger partial charge is 0.422 e. The van der Waals surface area contributed by atoms with Crippen LogP contribution < -0.4 is 0 Å². The molecule has 0 N–H and O–H groups in total. The molecule has 0 amide bonds. The van der Waals surface area contributed by atoms with Crippen molar-refractivity contribution in [1.82, 2.24) is 0 Å². The maximum atomic E-state index is 12.7. The molecule has 6 heteroatoms.